The molecule has 0 spiro atoms. The Bertz CT molecular complexity index is 1120. The molecule has 1 aliphatic carbocycles. The molecular weight excluding hydrogens is 476 g/mol. The fourth-order valence-electron chi connectivity index (χ4n) is 4.15. The maximum atomic E-state index is 13.1. The zero-order valence-corrected chi connectivity index (χ0v) is 19.0. The fraction of sp³-hybridized carbons (Fsp3) is 0.318. The lowest BCUT2D eigenvalue weighted by Crippen LogP contribution is -2.47. The Labute approximate surface area is 193 Å². The van der Waals surface area contributed by atoms with E-state index in [4.69, 9.17) is 11.1 Å². The van der Waals surface area contributed by atoms with E-state index < -0.39 is 11.9 Å². The van der Waals surface area contributed by atoms with Crippen LogP contribution in [-0.2, 0) is 14.4 Å². The van der Waals surface area contributed by atoms with Gasteiger partial charge in [-0.3, -0.25) is 19.8 Å². The molecule has 2 fully saturated rings. The van der Waals surface area contributed by atoms with Crippen LogP contribution in [0.2, 0.25) is 0 Å². The van der Waals surface area contributed by atoms with Gasteiger partial charge in [0.05, 0.1) is 6.54 Å². The number of hydrogen-bond acceptors (Lipinski definition) is 6. The van der Waals surface area contributed by atoms with Crippen LogP contribution in [0.1, 0.15) is 24.0 Å². The molecule has 4 rings (SSSR count). The van der Waals surface area contributed by atoms with Crippen molar-refractivity contribution in [1.29, 1.82) is 5.41 Å². The second-order valence-corrected chi connectivity index (χ2v) is 8.90. The topological polar surface area (TPSA) is 141 Å². The SMILES string of the molecule is Cc1ccc(C(=N)C(N)=O)c(NCC(=O)N2[C@@H]3C[C@@H]3C[C@H]2C(=O)Nc2cccc(Br)n2)c1. The quantitative estimate of drug-likeness (QED) is 0.341. The number of rotatable bonds is 7. The molecule has 1 aromatic heterocycles. The number of nitrogens with zero attached hydrogens (tertiary/aromatic N) is 2. The van der Waals surface area contributed by atoms with Gasteiger partial charge in [0.25, 0.3) is 5.91 Å². The van der Waals surface area contributed by atoms with Gasteiger partial charge in [0.15, 0.2) is 0 Å². The van der Waals surface area contributed by atoms with Gasteiger partial charge in [-0.15, -0.1) is 0 Å². The Kier molecular flexibility index (Phi) is 5.96. The summed E-state index contributed by atoms with van der Waals surface area (Å²) in [5, 5.41) is 13.8. The summed E-state index contributed by atoms with van der Waals surface area (Å²) in [6.07, 6.45) is 1.52. The van der Waals surface area contributed by atoms with E-state index in [0.29, 0.717) is 34.0 Å². The normalized spacial score (nSPS) is 20.9. The van der Waals surface area contributed by atoms with E-state index in [2.05, 4.69) is 31.5 Å². The molecule has 0 bridgehead atoms. The van der Waals surface area contributed by atoms with Crippen LogP contribution in [-0.4, -0.2) is 51.9 Å². The predicted molar refractivity (Wildman–Crippen MR) is 123 cm³/mol. The number of piperidine rings is 1. The lowest BCUT2D eigenvalue weighted by atomic mass is 10.0. The summed E-state index contributed by atoms with van der Waals surface area (Å²) in [6.45, 7) is 1.81. The monoisotopic (exact) mass is 498 g/mol. The molecule has 1 aliphatic heterocycles. The molecule has 0 unspecified atom stereocenters. The number of nitrogens with two attached hydrogens (primary N) is 1. The molecule has 2 aromatic rings. The van der Waals surface area contributed by atoms with Gasteiger partial charge >= 0.3 is 0 Å². The van der Waals surface area contributed by atoms with Crippen molar-refractivity contribution >= 4 is 50.9 Å². The van der Waals surface area contributed by atoms with Gasteiger partial charge in [-0.25, -0.2) is 4.98 Å². The zero-order chi connectivity index (χ0) is 23.0. The number of fused-ring (bicyclic) bond motifs is 1. The molecule has 1 aromatic carbocycles. The highest BCUT2D eigenvalue weighted by molar-refractivity contribution is 9.10. The van der Waals surface area contributed by atoms with Crippen molar-refractivity contribution in [2.24, 2.45) is 11.7 Å². The molecule has 3 atom stereocenters. The van der Waals surface area contributed by atoms with Gasteiger partial charge in [0.2, 0.25) is 11.8 Å². The molecule has 166 valence electrons. The van der Waals surface area contributed by atoms with E-state index >= 15 is 0 Å². The molecule has 2 heterocycles. The number of hydrogen-bond donors (Lipinski definition) is 4. The van der Waals surface area contributed by atoms with Crippen molar-refractivity contribution in [3.63, 3.8) is 0 Å². The number of likely N-dealkylation sites (tertiary alicyclic amines) is 1. The maximum Gasteiger partial charge on any atom is 0.267 e. The molecule has 5 N–H and O–H groups in total. The summed E-state index contributed by atoms with van der Waals surface area (Å²) in [5.41, 5.74) is 6.64. The van der Waals surface area contributed by atoms with Crippen molar-refractivity contribution < 1.29 is 14.4 Å². The lowest BCUT2D eigenvalue weighted by Gasteiger charge is -2.27. The van der Waals surface area contributed by atoms with Crippen molar-refractivity contribution in [2.75, 3.05) is 17.2 Å². The van der Waals surface area contributed by atoms with E-state index in [1.165, 1.54) is 0 Å². The van der Waals surface area contributed by atoms with Crippen LogP contribution in [0.5, 0.6) is 0 Å². The summed E-state index contributed by atoms with van der Waals surface area (Å²) >= 11 is 3.28. The smallest absolute Gasteiger partial charge is 0.267 e. The summed E-state index contributed by atoms with van der Waals surface area (Å²) < 4.78 is 0.609. The third kappa shape index (κ3) is 4.50. The van der Waals surface area contributed by atoms with Crippen LogP contribution in [0.3, 0.4) is 0 Å². The number of primary amides is 1. The van der Waals surface area contributed by atoms with E-state index in [-0.39, 0.29) is 30.1 Å². The molecular formula is C22H23BrN6O3. The summed E-state index contributed by atoms with van der Waals surface area (Å²) in [6, 6.07) is 9.89. The molecule has 2 aliphatic rings. The Hall–Kier alpha value is -3.27. The van der Waals surface area contributed by atoms with Crippen molar-refractivity contribution in [1.82, 2.24) is 9.88 Å². The largest absolute Gasteiger partial charge is 0.376 e. The number of amides is 3. The summed E-state index contributed by atoms with van der Waals surface area (Å²) in [7, 11) is 0. The standard InChI is InChI=1S/C22H23BrN6O3/c1-11-5-6-13(20(24)21(25)31)14(7-11)26-10-19(30)29-15-8-12(15)9-16(29)22(32)28-18-4-2-3-17(23)27-18/h2-7,12,15-16,24,26H,8-10H2,1H3,(H2,25,31)(H,27,28,32)/t12-,15-,16+/m1/s1. The second-order valence-electron chi connectivity index (χ2n) is 8.09. The van der Waals surface area contributed by atoms with Crippen molar-refractivity contribution in [3.05, 3.63) is 52.1 Å². The highest BCUT2D eigenvalue weighted by Crippen LogP contribution is 2.48. The van der Waals surface area contributed by atoms with E-state index in [0.717, 1.165) is 12.0 Å². The Morgan fingerprint density at radius 2 is 2.03 bits per heavy atom. The van der Waals surface area contributed by atoms with Crippen LogP contribution >= 0.6 is 15.9 Å². The van der Waals surface area contributed by atoms with E-state index in [1.807, 2.05) is 6.92 Å². The number of aromatic nitrogens is 1. The number of aryl methyl sites for hydroxylation is 1. The number of benzene rings is 1. The first-order chi connectivity index (χ1) is 15.2. The number of anilines is 2. The van der Waals surface area contributed by atoms with Gasteiger partial charge < -0.3 is 21.3 Å². The summed E-state index contributed by atoms with van der Waals surface area (Å²) in [4.78, 5) is 43.3. The minimum absolute atomic E-state index is 0.0649. The number of carbonyl (C=O) groups is 3. The van der Waals surface area contributed by atoms with Crippen LogP contribution in [0.4, 0.5) is 11.5 Å². The third-order valence-electron chi connectivity index (χ3n) is 5.78. The van der Waals surface area contributed by atoms with Gasteiger partial charge in [0, 0.05) is 17.3 Å². The molecule has 3 amide bonds. The van der Waals surface area contributed by atoms with Gasteiger partial charge in [-0.05, 0) is 65.4 Å². The fourth-order valence-corrected chi connectivity index (χ4v) is 4.50. The molecule has 9 nitrogen and oxygen atoms in total. The Morgan fingerprint density at radius 3 is 2.75 bits per heavy atom. The maximum absolute atomic E-state index is 13.1. The minimum atomic E-state index is -0.846. The highest BCUT2D eigenvalue weighted by Gasteiger charge is 2.55. The van der Waals surface area contributed by atoms with E-state index in [1.54, 1.807) is 41.3 Å². The Morgan fingerprint density at radius 1 is 1.25 bits per heavy atom. The number of pyridine rings is 1. The first-order valence-corrected chi connectivity index (χ1v) is 11.0. The van der Waals surface area contributed by atoms with Crippen molar-refractivity contribution in [3.8, 4) is 0 Å². The van der Waals surface area contributed by atoms with Crippen LogP contribution in [0.15, 0.2) is 41.0 Å². The number of carbonyl (C=O) groups excluding carboxylic acids is 3. The van der Waals surface area contributed by atoms with Crippen LogP contribution < -0.4 is 16.4 Å². The lowest BCUT2D eigenvalue weighted by molar-refractivity contribution is -0.136. The van der Waals surface area contributed by atoms with Gasteiger partial charge in [-0.1, -0.05) is 18.2 Å². The minimum Gasteiger partial charge on any atom is -0.376 e. The average molecular weight is 499 g/mol. The first-order valence-electron chi connectivity index (χ1n) is 10.2. The van der Waals surface area contributed by atoms with E-state index in [9.17, 15) is 14.4 Å². The van der Waals surface area contributed by atoms with Crippen LogP contribution in [0, 0.1) is 18.3 Å². The number of halogens is 1. The van der Waals surface area contributed by atoms with Crippen molar-refractivity contribution in [2.45, 2.75) is 31.8 Å². The highest BCUT2D eigenvalue weighted by atomic mass is 79.9. The molecule has 0 radical (unpaired) electrons. The third-order valence-corrected chi connectivity index (χ3v) is 6.22. The zero-order valence-electron chi connectivity index (χ0n) is 17.4. The van der Waals surface area contributed by atoms with Crippen LogP contribution in [0.25, 0.3) is 0 Å². The second kappa shape index (κ2) is 8.70. The molecule has 10 heteroatoms. The Balaban J connectivity index is 1.46. The summed E-state index contributed by atoms with van der Waals surface area (Å²) in [5.74, 6) is -0.563. The van der Waals surface area contributed by atoms with Gasteiger partial charge in [0.1, 0.15) is 22.2 Å². The molecule has 1 saturated carbocycles. The average Bonchev–Trinajstić information content (AvgIpc) is 3.40. The predicted octanol–water partition coefficient (Wildman–Crippen LogP) is 2.05. The van der Waals surface area contributed by atoms with Gasteiger partial charge in [-0.2, -0.15) is 0 Å². The number of nitrogens with one attached hydrogen (secondary N) is 3. The molecule has 32 heavy (non-hydrogen) atoms. The first kappa shape index (κ1) is 21.9. The molecule has 1 saturated heterocycles.